The van der Waals surface area contributed by atoms with Gasteiger partial charge < -0.3 is 9.73 Å². The molecule has 1 N–H and O–H groups in total. The molecule has 0 bridgehead atoms. The minimum Gasteiger partial charge on any atom is -0.407 e. The third kappa shape index (κ3) is 5.17. The number of aryl methyl sites for hydroxylation is 1. The van der Waals surface area contributed by atoms with Crippen molar-refractivity contribution >= 4 is 22.7 Å². The fourth-order valence-corrected chi connectivity index (χ4v) is 2.65. The van der Waals surface area contributed by atoms with Gasteiger partial charge in [0.15, 0.2) is 5.58 Å². The van der Waals surface area contributed by atoms with Crippen molar-refractivity contribution in [2.75, 3.05) is 6.54 Å². The van der Waals surface area contributed by atoms with Gasteiger partial charge in [0, 0.05) is 25.6 Å². The van der Waals surface area contributed by atoms with Crippen LogP contribution in [0.2, 0.25) is 0 Å². The van der Waals surface area contributed by atoms with Crippen LogP contribution in [0.4, 0.5) is 5.69 Å². The SMILES string of the molecule is CCCCCCNC(=O)CCCn1c(=O)oc2cc([N+](=O)[O-])ccc21. The lowest BCUT2D eigenvalue weighted by atomic mass is 10.2. The van der Waals surface area contributed by atoms with Crippen LogP contribution < -0.4 is 11.1 Å². The van der Waals surface area contributed by atoms with E-state index in [0.29, 0.717) is 31.4 Å². The molecule has 25 heavy (non-hydrogen) atoms. The van der Waals surface area contributed by atoms with Gasteiger partial charge in [-0.25, -0.2) is 4.79 Å². The van der Waals surface area contributed by atoms with Gasteiger partial charge in [0.2, 0.25) is 5.91 Å². The Hall–Kier alpha value is -2.64. The largest absolute Gasteiger partial charge is 0.419 e. The van der Waals surface area contributed by atoms with E-state index in [0.717, 1.165) is 19.3 Å². The number of rotatable bonds is 10. The molecular weight excluding hydrogens is 326 g/mol. The Morgan fingerprint density at radius 3 is 2.80 bits per heavy atom. The molecular formula is C17H23N3O5. The van der Waals surface area contributed by atoms with Crippen LogP contribution in [0.25, 0.3) is 11.1 Å². The first kappa shape index (κ1) is 18.7. The molecule has 136 valence electrons. The monoisotopic (exact) mass is 349 g/mol. The van der Waals surface area contributed by atoms with Gasteiger partial charge in [-0.15, -0.1) is 0 Å². The van der Waals surface area contributed by atoms with Crippen molar-refractivity contribution < 1.29 is 14.1 Å². The number of nitro benzene ring substituents is 1. The van der Waals surface area contributed by atoms with Crippen molar-refractivity contribution in [1.29, 1.82) is 0 Å². The van der Waals surface area contributed by atoms with Crippen LogP contribution >= 0.6 is 0 Å². The standard InChI is InChI=1S/C17H23N3O5/c1-2-3-4-5-10-18-16(21)7-6-11-19-14-9-8-13(20(23)24)12-15(14)25-17(19)22/h8-9,12H,2-7,10-11H2,1H3,(H,18,21). The number of unbranched alkanes of at least 4 members (excludes halogenated alkanes) is 3. The summed E-state index contributed by atoms with van der Waals surface area (Å²) >= 11 is 0. The average Bonchev–Trinajstić information content (AvgIpc) is 2.89. The number of hydrogen-bond acceptors (Lipinski definition) is 5. The first-order valence-electron chi connectivity index (χ1n) is 8.57. The summed E-state index contributed by atoms with van der Waals surface area (Å²) in [6.45, 7) is 3.14. The molecule has 1 aromatic carbocycles. The zero-order chi connectivity index (χ0) is 18.2. The summed E-state index contributed by atoms with van der Waals surface area (Å²) in [7, 11) is 0. The Morgan fingerprint density at radius 1 is 1.28 bits per heavy atom. The van der Waals surface area contributed by atoms with Crippen molar-refractivity contribution in [2.24, 2.45) is 0 Å². The van der Waals surface area contributed by atoms with Crippen molar-refractivity contribution in [1.82, 2.24) is 9.88 Å². The molecule has 2 rings (SSSR count). The number of carbonyl (C=O) groups is 1. The zero-order valence-electron chi connectivity index (χ0n) is 14.3. The summed E-state index contributed by atoms with van der Waals surface area (Å²) in [5.74, 6) is -0.608. The number of aromatic nitrogens is 1. The van der Waals surface area contributed by atoms with Crippen LogP contribution in [-0.2, 0) is 11.3 Å². The molecule has 8 nitrogen and oxygen atoms in total. The van der Waals surface area contributed by atoms with E-state index in [1.807, 2.05) is 0 Å². The van der Waals surface area contributed by atoms with Crippen molar-refractivity contribution in [2.45, 2.75) is 52.0 Å². The smallest absolute Gasteiger partial charge is 0.407 e. The summed E-state index contributed by atoms with van der Waals surface area (Å²) in [5, 5.41) is 13.6. The molecule has 0 aliphatic heterocycles. The lowest BCUT2D eigenvalue weighted by Gasteiger charge is -2.05. The first-order valence-corrected chi connectivity index (χ1v) is 8.57. The molecule has 0 spiro atoms. The number of hydrogen-bond donors (Lipinski definition) is 1. The average molecular weight is 349 g/mol. The maximum Gasteiger partial charge on any atom is 0.419 e. The molecule has 1 amide bonds. The molecule has 1 heterocycles. The van der Waals surface area contributed by atoms with Crippen LogP contribution in [0.5, 0.6) is 0 Å². The van der Waals surface area contributed by atoms with Crippen molar-refractivity contribution in [3.8, 4) is 0 Å². The molecule has 0 radical (unpaired) electrons. The molecule has 8 heteroatoms. The van der Waals surface area contributed by atoms with Gasteiger partial charge in [-0.3, -0.25) is 19.5 Å². The lowest BCUT2D eigenvalue weighted by Crippen LogP contribution is -2.25. The summed E-state index contributed by atoms with van der Waals surface area (Å²) < 4.78 is 6.45. The Balaban J connectivity index is 1.86. The van der Waals surface area contributed by atoms with Gasteiger partial charge in [0.25, 0.3) is 5.69 Å². The summed E-state index contributed by atoms with van der Waals surface area (Å²) in [4.78, 5) is 33.9. The second-order valence-electron chi connectivity index (χ2n) is 5.94. The van der Waals surface area contributed by atoms with E-state index in [9.17, 15) is 19.7 Å². The maximum atomic E-state index is 11.9. The van der Waals surface area contributed by atoms with Gasteiger partial charge >= 0.3 is 5.76 Å². The van der Waals surface area contributed by atoms with Crippen LogP contribution in [0.3, 0.4) is 0 Å². The Labute approximate surface area is 145 Å². The van der Waals surface area contributed by atoms with Crippen molar-refractivity contribution in [3.05, 3.63) is 38.9 Å². The Bertz CT molecular complexity index is 793. The number of nitrogens with one attached hydrogen (secondary N) is 1. The fraction of sp³-hybridized carbons (Fsp3) is 0.529. The van der Waals surface area contributed by atoms with E-state index in [1.54, 1.807) is 0 Å². The molecule has 0 atom stereocenters. The van der Waals surface area contributed by atoms with Crippen molar-refractivity contribution in [3.63, 3.8) is 0 Å². The molecule has 0 unspecified atom stereocenters. The van der Waals surface area contributed by atoms with E-state index in [4.69, 9.17) is 4.42 Å². The highest BCUT2D eigenvalue weighted by Gasteiger charge is 2.14. The lowest BCUT2D eigenvalue weighted by molar-refractivity contribution is -0.384. The van der Waals surface area contributed by atoms with E-state index < -0.39 is 10.7 Å². The number of non-ortho nitro benzene ring substituents is 1. The van der Waals surface area contributed by atoms with E-state index in [2.05, 4.69) is 12.2 Å². The maximum absolute atomic E-state index is 11.9. The fourth-order valence-electron chi connectivity index (χ4n) is 2.65. The Kier molecular flexibility index (Phi) is 6.73. The molecule has 0 saturated carbocycles. The van der Waals surface area contributed by atoms with Gasteiger partial charge in [-0.1, -0.05) is 26.2 Å². The molecule has 0 saturated heterocycles. The predicted molar refractivity (Wildman–Crippen MR) is 93.5 cm³/mol. The molecule has 0 aliphatic rings. The molecule has 1 aromatic heterocycles. The summed E-state index contributed by atoms with van der Waals surface area (Å²) in [5.41, 5.74) is 0.547. The van der Waals surface area contributed by atoms with Gasteiger partial charge in [0.05, 0.1) is 16.5 Å². The number of nitro groups is 1. The third-order valence-corrected chi connectivity index (χ3v) is 4.00. The summed E-state index contributed by atoms with van der Waals surface area (Å²) in [6.07, 6.45) is 5.23. The number of fused-ring (bicyclic) bond motifs is 1. The Morgan fingerprint density at radius 2 is 2.08 bits per heavy atom. The van der Waals surface area contributed by atoms with E-state index >= 15 is 0 Å². The third-order valence-electron chi connectivity index (χ3n) is 4.00. The predicted octanol–water partition coefficient (Wildman–Crippen LogP) is 2.98. The normalized spacial score (nSPS) is 10.9. The molecule has 2 aromatic rings. The molecule has 0 aliphatic carbocycles. The number of carbonyl (C=O) groups excluding carboxylic acids is 1. The van der Waals surface area contributed by atoms with Gasteiger partial charge in [-0.2, -0.15) is 0 Å². The second-order valence-corrected chi connectivity index (χ2v) is 5.94. The quantitative estimate of drug-likeness (QED) is 0.403. The number of nitrogens with zero attached hydrogens (tertiary/aromatic N) is 2. The number of benzene rings is 1. The topological polar surface area (TPSA) is 107 Å². The highest BCUT2D eigenvalue weighted by molar-refractivity contribution is 5.76. The molecule has 0 fully saturated rings. The van der Waals surface area contributed by atoms with E-state index in [-0.39, 0.29) is 17.2 Å². The minimum absolute atomic E-state index is 0.0343. The van der Waals surface area contributed by atoms with E-state index in [1.165, 1.54) is 29.2 Å². The van der Waals surface area contributed by atoms with Gasteiger partial charge in [-0.05, 0) is 18.9 Å². The number of amides is 1. The first-order chi connectivity index (χ1) is 12.0. The van der Waals surface area contributed by atoms with Crippen LogP contribution in [-0.4, -0.2) is 21.9 Å². The zero-order valence-corrected chi connectivity index (χ0v) is 14.3. The highest BCUT2D eigenvalue weighted by Crippen LogP contribution is 2.20. The van der Waals surface area contributed by atoms with Crippen LogP contribution in [0.15, 0.2) is 27.4 Å². The van der Waals surface area contributed by atoms with Crippen LogP contribution in [0, 0.1) is 10.1 Å². The van der Waals surface area contributed by atoms with Crippen LogP contribution in [0.1, 0.15) is 45.4 Å². The highest BCUT2D eigenvalue weighted by atomic mass is 16.6. The minimum atomic E-state index is -0.574. The summed E-state index contributed by atoms with van der Waals surface area (Å²) in [6, 6.07) is 4.05. The van der Waals surface area contributed by atoms with Gasteiger partial charge in [0.1, 0.15) is 0 Å². The second kappa shape index (κ2) is 9.00. The number of oxazole rings is 1.